The quantitative estimate of drug-likeness (QED) is 0.0140. The molecule has 2 aromatic rings. The lowest BCUT2D eigenvalue weighted by Gasteiger charge is -2.42. The van der Waals surface area contributed by atoms with Crippen LogP contribution in [0, 0.1) is 5.41 Å². The van der Waals surface area contributed by atoms with Crippen molar-refractivity contribution in [1.82, 2.24) is 31.9 Å². The monoisotopic (exact) mass is 1400 g/mol. The summed E-state index contributed by atoms with van der Waals surface area (Å²) in [6.45, 7) is 23.7. The highest BCUT2D eigenvalue weighted by molar-refractivity contribution is 7.87. The van der Waals surface area contributed by atoms with Gasteiger partial charge in [-0.3, -0.25) is 37.7 Å². The number of rotatable bonds is 33. The van der Waals surface area contributed by atoms with E-state index in [4.69, 9.17) is 37.9 Å². The van der Waals surface area contributed by atoms with Crippen LogP contribution in [0.15, 0.2) is 42.5 Å². The molecule has 0 aliphatic carbocycles. The van der Waals surface area contributed by atoms with Crippen LogP contribution in [0.1, 0.15) is 181 Å². The number of esters is 5. The first kappa shape index (κ1) is 84.0. The van der Waals surface area contributed by atoms with Crippen molar-refractivity contribution >= 4 is 80.4 Å². The summed E-state index contributed by atoms with van der Waals surface area (Å²) in [6, 6.07) is 4.43. The molecule has 5 atom stereocenters. The minimum Gasteiger partial charge on any atom is -0.460 e. The summed E-state index contributed by atoms with van der Waals surface area (Å²) in [6.07, 6.45) is -2.15. The Kier molecular flexibility index (Phi) is 30.8. The van der Waals surface area contributed by atoms with Crippen LogP contribution >= 0.6 is 0 Å². The van der Waals surface area contributed by atoms with E-state index >= 15 is 0 Å². The molecule has 3 rings (SSSR count). The molecule has 6 N–H and O–H groups in total. The van der Waals surface area contributed by atoms with Gasteiger partial charge in [-0.25, -0.2) is 14.4 Å². The Morgan fingerprint density at radius 2 is 0.948 bits per heavy atom. The van der Waals surface area contributed by atoms with E-state index < -0.39 is 203 Å². The zero-order valence-electron chi connectivity index (χ0n) is 58.9. The van der Waals surface area contributed by atoms with E-state index in [2.05, 4.69) is 36.1 Å². The second-order valence-electron chi connectivity index (χ2n) is 29.2. The number of nitrogens with one attached hydrogen (secondary N) is 6. The van der Waals surface area contributed by atoms with Gasteiger partial charge in [0.15, 0.2) is 5.79 Å². The second-order valence-corrected chi connectivity index (χ2v) is 30.8. The zero-order chi connectivity index (χ0) is 73.8. The number of hydrogen-bond donors (Lipinski definition) is 6. The first-order chi connectivity index (χ1) is 44.3. The molecule has 0 spiro atoms. The lowest BCUT2D eigenvalue weighted by Crippen LogP contribution is -2.57. The predicted molar refractivity (Wildman–Crippen MR) is 347 cm³/mol. The highest BCUT2D eigenvalue weighted by Crippen LogP contribution is 2.34. The Labute approximate surface area is 566 Å². The normalized spacial score (nSPS) is 16.0. The van der Waals surface area contributed by atoms with E-state index in [-0.39, 0.29) is 45.1 Å². The Balaban J connectivity index is 1.95. The molecule has 97 heavy (non-hydrogen) atoms. The highest BCUT2D eigenvalue weighted by Gasteiger charge is 2.50. The number of unbranched alkanes of at least 4 members (excludes halogenated alkanes) is 1. The molecule has 27 nitrogen and oxygen atoms in total. The number of halogens is 3. The molecule has 1 aliphatic heterocycles. The number of amides is 6. The molecule has 548 valence electrons. The minimum absolute atomic E-state index is 0.0437. The van der Waals surface area contributed by atoms with Gasteiger partial charge in [0.25, 0.3) is 0 Å². The minimum atomic E-state index is -6.09. The van der Waals surface area contributed by atoms with Crippen molar-refractivity contribution in [3.8, 4) is 0 Å². The summed E-state index contributed by atoms with van der Waals surface area (Å²) in [5, 5.41) is 17.3. The Hall–Kier alpha value is -7.22. The molecule has 6 amide bonds. The molecule has 1 fully saturated rings. The first-order valence-corrected chi connectivity index (χ1v) is 33.4. The number of carbonyl (C=O) groups excluding carboxylic acids is 10. The van der Waals surface area contributed by atoms with E-state index in [1.54, 1.807) is 110 Å². The number of hydrogen-bond acceptors (Lipinski definition) is 21. The predicted octanol–water partition coefficient (Wildman–Crippen LogP) is 6.86. The Morgan fingerprint density at radius 1 is 0.515 bits per heavy atom. The van der Waals surface area contributed by atoms with Crippen molar-refractivity contribution in [2.45, 2.75) is 251 Å². The van der Waals surface area contributed by atoms with Crippen LogP contribution in [0.4, 0.5) is 18.0 Å². The summed E-state index contributed by atoms with van der Waals surface area (Å²) >= 11 is 0. The van der Waals surface area contributed by atoms with E-state index in [1.807, 2.05) is 36.4 Å². The molecule has 1 heterocycles. The van der Waals surface area contributed by atoms with Gasteiger partial charge in [-0.05, 0) is 173 Å². The fourth-order valence-corrected chi connectivity index (χ4v) is 9.62. The van der Waals surface area contributed by atoms with Crippen molar-refractivity contribution in [2.24, 2.45) is 5.41 Å². The van der Waals surface area contributed by atoms with Crippen LogP contribution in [0.5, 0.6) is 0 Å². The van der Waals surface area contributed by atoms with Crippen molar-refractivity contribution in [3.05, 3.63) is 48.0 Å². The zero-order valence-corrected chi connectivity index (χ0v) is 59.7. The number of ether oxygens (including phenoxy) is 8. The molecule has 0 aromatic heterocycles. The van der Waals surface area contributed by atoms with Gasteiger partial charge in [-0.15, -0.1) is 0 Å². The second kappa shape index (κ2) is 35.5. The molecule has 1 saturated heterocycles. The standard InChI is InChI=1S/C66H101F3N6O21S/c1-59(2,3)92-50(77)30-27-44(71-49(76)36-88-37-65(38-89-64(16,17)90-39-65)40-91-97(86,87)66(67,68)69)54(81)72-45(28-31-51(78)93-60(4,5)6)55(82)73-48(35-41-25-26-42-22-18-19-23-43(42)34-41)53(80)70-33-21-20-24-46(56(83)95-62(10,11)12)74-58(85)75-47(57(84)96-63(13,14)15)29-32-52(79)94-61(7,8)9/h18-19,22-23,25-26,34,44-48H,20-21,24,27-33,35-40H2,1-17H3,(H,70,80)(H,71,76)(H,72,81)(H,73,82)(H2,74,75,85). The van der Waals surface area contributed by atoms with Crippen LogP contribution in [0.25, 0.3) is 10.8 Å². The van der Waals surface area contributed by atoms with Crippen LogP contribution in [0.2, 0.25) is 0 Å². The van der Waals surface area contributed by atoms with E-state index in [0.29, 0.717) is 5.56 Å². The van der Waals surface area contributed by atoms with Crippen LogP contribution < -0.4 is 31.9 Å². The molecule has 1 aliphatic rings. The van der Waals surface area contributed by atoms with Gasteiger partial charge in [0.1, 0.15) is 64.8 Å². The number of urea groups is 1. The molecule has 2 aromatic carbocycles. The van der Waals surface area contributed by atoms with Gasteiger partial charge >= 0.3 is 51.5 Å². The molecule has 0 saturated carbocycles. The van der Waals surface area contributed by atoms with Crippen molar-refractivity contribution in [3.63, 3.8) is 0 Å². The van der Waals surface area contributed by atoms with Gasteiger partial charge in [0.05, 0.1) is 31.8 Å². The lowest BCUT2D eigenvalue weighted by molar-refractivity contribution is -0.295. The van der Waals surface area contributed by atoms with Crippen molar-refractivity contribution in [1.29, 1.82) is 0 Å². The number of carbonyl (C=O) groups is 10. The Morgan fingerprint density at radius 3 is 1.41 bits per heavy atom. The van der Waals surface area contributed by atoms with E-state index in [1.165, 1.54) is 13.8 Å². The lowest BCUT2D eigenvalue weighted by atomic mass is 9.91. The Bertz CT molecular complexity index is 3150. The van der Waals surface area contributed by atoms with Crippen LogP contribution in [0.3, 0.4) is 0 Å². The van der Waals surface area contributed by atoms with Gasteiger partial charge in [0.2, 0.25) is 23.6 Å². The van der Waals surface area contributed by atoms with Gasteiger partial charge < -0.3 is 69.8 Å². The fourth-order valence-electron chi connectivity index (χ4n) is 9.08. The number of fused-ring (bicyclic) bond motifs is 1. The third-order valence-corrected chi connectivity index (χ3v) is 14.4. The maximum atomic E-state index is 14.8. The highest BCUT2D eigenvalue weighted by atomic mass is 32.2. The SMILES string of the molecule is CC(C)(C)OC(=O)CCC(NC(=O)COCC1(COS(=O)(=O)C(F)(F)F)COC(C)(C)OC1)C(=O)NC(CCC(=O)OC(C)(C)C)C(=O)NC(Cc1ccc2ccccc2c1)C(=O)NCCCCC(NC(=O)NC(CCC(=O)OC(C)(C)C)C(=O)OC(C)(C)C)C(=O)OC(C)(C)C. The maximum Gasteiger partial charge on any atom is 0.523 e. The van der Waals surface area contributed by atoms with E-state index in [9.17, 15) is 69.5 Å². The van der Waals surface area contributed by atoms with Crippen LogP contribution in [-0.2, 0) is 102 Å². The third kappa shape index (κ3) is 33.3. The number of alkyl halides is 3. The molecular weight excluding hydrogens is 1300 g/mol. The van der Waals surface area contributed by atoms with Gasteiger partial charge in [-0.2, -0.15) is 21.6 Å². The van der Waals surface area contributed by atoms with Crippen molar-refractivity contribution in [2.75, 3.05) is 39.6 Å². The summed E-state index contributed by atoms with van der Waals surface area (Å²) in [5.74, 6) is -8.92. The molecule has 5 unspecified atom stereocenters. The topological polar surface area (TPSA) is 360 Å². The third-order valence-electron chi connectivity index (χ3n) is 13.5. The maximum absolute atomic E-state index is 14.8. The largest absolute Gasteiger partial charge is 0.523 e. The van der Waals surface area contributed by atoms with E-state index in [0.717, 1.165) is 10.8 Å². The fraction of sp³-hybridized carbons (Fsp3) is 0.697. The summed E-state index contributed by atoms with van der Waals surface area (Å²) in [4.78, 5) is 137. The molecule has 0 bridgehead atoms. The van der Waals surface area contributed by atoms with Crippen LogP contribution in [-0.4, -0.2) is 177 Å². The average molecular weight is 1400 g/mol. The van der Waals surface area contributed by atoms with Crippen molar-refractivity contribution < 1.29 is 112 Å². The molecule has 0 radical (unpaired) electrons. The first-order valence-electron chi connectivity index (χ1n) is 32.0. The molecule has 31 heteroatoms. The summed E-state index contributed by atoms with van der Waals surface area (Å²) in [7, 11) is -6.09. The van der Waals surface area contributed by atoms with Gasteiger partial charge in [0, 0.05) is 32.2 Å². The summed E-state index contributed by atoms with van der Waals surface area (Å²) in [5.41, 5.74) is -11.7. The summed E-state index contributed by atoms with van der Waals surface area (Å²) < 4.78 is 112. The molecular formula is C66H101F3N6O21S. The van der Waals surface area contributed by atoms with Gasteiger partial charge in [-0.1, -0.05) is 42.5 Å². The average Bonchev–Trinajstić information content (AvgIpc) is 0.816. The number of benzene rings is 2. The smallest absolute Gasteiger partial charge is 0.460 e.